The van der Waals surface area contributed by atoms with Crippen molar-refractivity contribution < 1.29 is 33.6 Å². The van der Waals surface area contributed by atoms with Crippen molar-refractivity contribution in [2.45, 2.75) is 0 Å². The first kappa shape index (κ1) is 42.1. The summed E-state index contributed by atoms with van der Waals surface area (Å²) in [5.41, 5.74) is 0. The van der Waals surface area contributed by atoms with E-state index < -0.39 is 0 Å². The van der Waals surface area contributed by atoms with Crippen molar-refractivity contribution in [3.8, 4) is 0 Å². The number of hydrogen-bond donors (Lipinski definition) is 0. The minimum Gasteiger partial charge on any atom is -0.0125 e. The summed E-state index contributed by atoms with van der Waals surface area (Å²) in [7, 11) is 0. The first-order chi connectivity index (χ1) is 0. The molecule has 0 aliphatic carbocycles. The van der Waals surface area contributed by atoms with Crippen molar-refractivity contribution >= 4 is 28.3 Å². The first-order valence-electron chi connectivity index (χ1n) is 0. The molecule has 0 aromatic heterocycles. The molecule has 0 saturated heterocycles. The molecule has 4 heavy (non-hydrogen) atoms. The van der Waals surface area contributed by atoms with Crippen molar-refractivity contribution in [2.75, 3.05) is 0 Å². The summed E-state index contributed by atoms with van der Waals surface area (Å²) in [6.45, 7) is 0. The van der Waals surface area contributed by atoms with Crippen molar-refractivity contribution in [1.29, 1.82) is 0 Å². The predicted octanol–water partition coefficient (Wildman–Crippen LogP) is -2.11. The summed E-state index contributed by atoms with van der Waals surface area (Å²) in [6, 6.07) is 0. The van der Waals surface area contributed by atoms with E-state index in [1.54, 1.807) is 0 Å². The van der Waals surface area contributed by atoms with Gasteiger partial charge in [0.05, 0.1) is 0 Å². The van der Waals surface area contributed by atoms with Crippen LogP contribution in [0, 0.1) is 0 Å². The first-order valence-corrected chi connectivity index (χ1v) is 0. The molecule has 0 aromatic rings. The standard InChI is InChI=1S/Al.Cu.Ni.H3Si.2H/h;;;1H3;;. The predicted molar refractivity (Wildman–Crippen MR) is 18.5 cm³/mol. The zero-order chi connectivity index (χ0) is 0. The van der Waals surface area contributed by atoms with Crippen LogP contribution >= 0.6 is 0 Å². The van der Waals surface area contributed by atoms with Gasteiger partial charge in [-0.15, -0.1) is 0 Å². The molecule has 0 unspecified atom stereocenters. The molecule has 0 amide bonds. The van der Waals surface area contributed by atoms with E-state index in [0.717, 1.165) is 0 Å². The summed E-state index contributed by atoms with van der Waals surface area (Å²) in [4.78, 5) is 0. The van der Waals surface area contributed by atoms with Gasteiger partial charge in [0.2, 0.25) is 0 Å². The van der Waals surface area contributed by atoms with Crippen LogP contribution in [0.5, 0.6) is 0 Å². The van der Waals surface area contributed by atoms with Gasteiger partial charge < -0.3 is 0 Å². The summed E-state index contributed by atoms with van der Waals surface area (Å²) < 4.78 is 0. The van der Waals surface area contributed by atoms with Crippen LogP contribution in [0.4, 0.5) is 0 Å². The Morgan fingerprint density at radius 2 is 1.00 bits per heavy atom. The summed E-state index contributed by atoms with van der Waals surface area (Å²) >= 11 is 0. The topological polar surface area (TPSA) is 0 Å². The molecule has 33 valence electrons. The SMILES string of the molecule is [AlH2].[Cu].[Ni].[SiH3]. The van der Waals surface area contributed by atoms with Gasteiger partial charge in [0.25, 0.3) is 0 Å². The molecule has 0 nitrogen and oxygen atoms in total. The molecule has 3 radical (unpaired) electrons. The molecule has 0 N–H and O–H groups in total. The summed E-state index contributed by atoms with van der Waals surface area (Å²) in [5.74, 6) is 0. The quantitative estimate of drug-likeness (QED) is 0.376. The summed E-state index contributed by atoms with van der Waals surface area (Å²) in [5, 5.41) is 0. The van der Waals surface area contributed by atoms with Crippen molar-refractivity contribution in [3.05, 3.63) is 0 Å². The van der Waals surface area contributed by atoms with Crippen LogP contribution in [0.3, 0.4) is 0 Å². The van der Waals surface area contributed by atoms with Crippen LogP contribution in [0.1, 0.15) is 0 Å². The molecule has 0 aromatic carbocycles. The molecule has 0 aliphatic heterocycles. The molecule has 0 rings (SSSR count). The van der Waals surface area contributed by atoms with Gasteiger partial charge in [-0.2, -0.15) is 0 Å². The van der Waals surface area contributed by atoms with Gasteiger partial charge >= 0.3 is 0 Å². The van der Waals surface area contributed by atoms with Gasteiger partial charge in [-0.25, -0.2) is 0 Å². The van der Waals surface area contributed by atoms with Crippen LogP contribution < -0.4 is 0 Å². The Kier molecular flexibility index (Phi) is 228. The Morgan fingerprint density at radius 3 is 1.00 bits per heavy atom. The molecule has 0 spiro atoms. The number of hydrogen-bond acceptors (Lipinski definition) is 0. The average molecular weight is 182 g/mol. The van der Waals surface area contributed by atoms with Gasteiger partial charge in [0, 0.05) is 33.6 Å². The zero-order valence-corrected chi connectivity index (χ0v) is 8.55. The average Bonchev–Trinajstić information content (AvgIpc) is 0. The van der Waals surface area contributed by atoms with E-state index in [1.807, 2.05) is 0 Å². The van der Waals surface area contributed by atoms with Gasteiger partial charge in [-0.1, -0.05) is 0 Å². The molecule has 0 fully saturated rings. The second-order valence-electron chi connectivity index (χ2n) is 0. The molecule has 0 saturated carbocycles. The zero-order valence-electron chi connectivity index (χ0n) is 2.62. The van der Waals surface area contributed by atoms with E-state index in [2.05, 4.69) is 0 Å². The van der Waals surface area contributed by atoms with Crippen LogP contribution in [0.15, 0.2) is 0 Å². The Balaban J connectivity index is 0. The Labute approximate surface area is 61.7 Å². The molecule has 0 atom stereocenters. The minimum absolute atomic E-state index is 0. The van der Waals surface area contributed by atoms with Gasteiger partial charge in [0.15, 0.2) is 0 Å². The summed E-state index contributed by atoms with van der Waals surface area (Å²) in [6.07, 6.45) is 0. The maximum absolute atomic E-state index is 0. The van der Waals surface area contributed by atoms with E-state index in [1.165, 1.54) is 0 Å². The Hall–Kier alpha value is 1.76. The normalized spacial score (nSPS) is 0. The van der Waals surface area contributed by atoms with Crippen molar-refractivity contribution in [2.24, 2.45) is 0 Å². The van der Waals surface area contributed by atoms with E-state index in [0.29, 0.717) is 0 Å². The Morgan fingerprint density at radius 1 is 1.00 bits per heavy atom. The molecule has 0 heterocycles. The van der Waals surface area contributed by atoms with Crippen LogP contribution in [0.25, 0.3) is 0 Å². The second kappa shape index (κ2) is 21.7. The maximum atomic E-state index is 0. The van der Waals surface area contributed by atoms with E-state index in [4.69, 9.17) is 0 Å². The van der Waals surface area contributed by atoms with Gasteiger partial charge in [-0.05, 0) is 11.0 Å². The molecule has 0 bridgehead atoms. The number of rotatable bonds is 0. The molecule has 0 aliphatic rings. The fraction of sp³-hybridized carbons (Fsp3) is 0. The fourth-order valence-corrected chi connectivity index (χ4v) is 0. The monoisotopic (exact) mass is 181 g/mol. The molecular formula is H5AlCuNiSi. The Bertz CT molecular complexity index is 8.00. The third-order valence-electron chi connectivity index (χ3n) is 0. The van der Waals surface area contributed by atoms with E-state index in [9.17, 15) is 0 Å². The van der Waals surface area contributed by atoms with Gasteiger partial charge in [-0.3, -0.25) is 0 Å². The largest absolute Gasteiger partial charge is 0.146 e. The third kappa shape index (κ3) is 9.24. The van der Waals surface area contributed by atoms with E-state index >= 15 is 0 Å². The van der Waals surface area contributed by atoms with E-state index in [-0.39, 0.29) is 61.9 Å². The smallest absolute Gasteiger partial charge is 0.0125 e. The maximum Gasteiger partial charge on any atom is 0.146 e. The van der Waals surface area contributed by atoms with Crippen molar-refractivity contribution in [3.63, 3.8) is 0 Å². The minimum atomic E-state index is 0. The second-order valence-corrected chi connectivity index (χ2v) is 0. The van der Waals surface area contributed by atoms with Gasteiger partial charge in [0.1, 0.15) is 17.4 Å². The fourth-order valence-electron chi connectivity index (χ4n) is 0. The van der Waals surface area contributed by atoms with Crippen LogP contribution in [0.2, 0.25) is 0 Å². The molecular weight excluding hydrogens is 177 g/mol. The third-order valence-corrected chi connectivity index (χ3v) is 0. The van der Waals surface area contributed by atoms with Crippen LogP contribution in [-0.2, 0) is 33.6 Å². The van der Waals surface area contributed by atoms with Crippen molar-refractivity contribution in [1.82, 2.24) is 0 Å². The molecule has 4 heteroatoms. The van der Waals surface area contributed by atoms with Crippen LogP contribution in [-0.4, -0.2) is 28.3 Å².